The number of hydrogen-bond donors (Lipinski definition) is 2. The highest BCUT2D eigenvalue weighted by Crippen LogP contribution is 2.05. The van der Waals surface area contributed by atoms with Gasteiger partial charge in [0.25, 0.3) is 0 Å². The monoisotopic (exact) mass is 156 g/mol. The van der Waals surface area contributed by atoms with Crippen molar-refractivity contribution in [2.45, 2.75) is 32.2 Å². The molecule has 1 unspecified atom stereocenters. The van der Waals surface area contributed by atoms with Gasteiger partial charge in [0.15, 0.2) is 0 Å². The van der Waals surface area contributed by atoms with Gasteiger partial charge in [-0.05, 0) is 26.3 Å². The lowest BCUT2D eigenvalue weighted by atomic mass is 10.0. The van der Waals surface area contributed by atoms with E-state index in [0.29, 0.717) is 13.0 Å². The van der Waals surface area contributed by atoms with E-state index in [-0.39, 0.29) is 6.61 Å². The Labute approximate surface area is 68.0 Å². The average molecular weight is 156 g/mol. The van der Waals surface area contributed by atoms with Crippen LogP contribution in [0.4, 0.5) is 0 Å². The molecule has 3 nitrogen and oxygen atoms in total. The molecule has 0 saturated carbocycles. The highest BCUT2D eigenvalue weighted by molar-refractivity contribution is 5.02. The number of hydrogen-bond acceptors (Lipinski definition) is 3. The van der Waals surface area contributed by atoms with Crippen LogP contribution < -0.4 is 5.32 Å². The van der Waals surface area contributed by atoms with Gasteiger partial charge >= 0.3 is 0 Å². The van der Waals surface area contributed by atoms with E-state index < -0.39 is 5.54 Å². The zero-order chi connectivity index (χ0) is 8.74. The Balaban J connectivity index is 3.63. The molecule has 0 aliphatic rings. The van der Waals surface area contributed by atoms with Crippen molar-refractivity contribution in [3.8, 4) is 6.07 Å². The second kappa shape index (κ2) is 5.11. The van der Waals surface area contributed by atoms with E-state index in [4.69, 9.17) is 10.4 Å². The molecule has 1 atom stereocenters. The minimum absolute atomic E-state index is 0.179. The predicted molar refractivity (Wildman–Crippen MR) is 44.0 cm³/mol. The van der Waals surface area contributed by atoms with Crippen LogP contribution in [0, 0.1) is 11.3 Å². The molecule has 0 spiro atoms. The molecule has 0 aliphatic carbocycles. The van der Waals surface area contributed by atoms with Gasteiger partial charge in [-0.15, -0.1) is 0 Å². The summed E-state index contributed by atoms with van der Waals surface area (Å²) in [4.78, 5) is 0. The summed E-state index contributed by atoms with van der Waals surface area (Å²) in [5.74, 6) is 0. The molecule has 0 aromatic rings. The molecule has 0 fully saturated rings. The van der Waals surface area contributed by atoms with Crippen LogP contribution in [0.15, 0.2) is 0 Å². The van der Waals surface area contributed by atoms with E-state index in [1.165, 1.54) is 0 Å². The molecule has 0 aliphatic heterocycles. The first kappa shape index (κ1) is 10.4. The van der Waals surface area contributed by atoms with Gasteiger partial charge in [-0.1, -0.05) is 6.92 Å². The van der Waals surface area contributed by atoms with Crippen molar-refractivity contribution in [1.82, 2.24) is 5.32 Å². The minimum atomic E-state index is -0.421. The van der Waals surface area contributed by atoms with Crippen molar-refractivity contribution in [3.63, 3.8) is 0 Å². The molecule has 0 saturated heterocycles. The van der Waals surface area contributed by atoms with Crippen LogP contribution in [0.5, 0.6) is 0 Å². The first-order valence-corrected chi connectivity index (χ1v) is 3.95. The van der Waals surface area contributed by atoms with Gasteiger partial charge in [-0.2, -0.15) is 5.26 Å². The normalized spacial score (nSPS) is 15.5. The molecule has 0 aromatic heterocycles. The topological polar surface area (TPSA) is 56.0 Å². The minimum Gasteiger partial charge on any atom is -0.396 e. The summed E-state index contributed by atoms with van der Waals surface area (Å²) >= 11 is 0. The lowest BCUT2D eigenvalue weighted by Gasteiger charge is -2.20. The van der Waals surface area contributed by atoms with Crippen LogP contribution in [-0.4, -0.2) is 23.8 Å². The zero-order valence-corrected chi connectivity index (χ0v) is 7.22. The fourth-order valence-corrected chi connectivity index (χ4v) is 0.687. The lowest BCUT2D eigenvalue weighted by molar-refractivity contribution is 0.279. The van der Waals surface area contributed by atoms with Gasteiger partial charge < -0.3 is 5.11 Å². The number of nitrogens with one attached hydrogen (secondary N) is 1. The van der Waals surface area contributed by atoms with E-state index >= 15 is 0 Å². The Morgan fingerprint density at radius 3 is 2.64 bits per heavy atom. The van der Waals surface area contributed by atoms with Gasteiger partial charge in [-0.25, -0.2) is 0 Å². The molecule has 0 rings (SSSR count). The Bertz CT molecular complexity index is 142. The van der Waals surface area contributed by atoms with E-state index in [1.54, 1.807) is 0 Å². The summed E-state index contributed by atoms with van der Waals surface area (Å²) in [6.45, 7) is 4.71. The number of nitriles is 1. The molecule has 0 heterocycles. The maximum Gasteiger partial charge on any atom is 0.103 e. The fourth-order valence-electron chi connectivity index (χ4n) is 0.687. The van der Waals surface area contributed by atoms with Gasteiger partial charge in [0, 0.05) is 6.61 Å². The summed E-state index contributed by atoms with van der Waals surface area (Å²) in [5, 5.41) is 20.3. The maximum absolute atomic E-state index is 8.71. The van der Waals surface area contributed by atoms with Crippen molar-refractivity contribution in [3.05, 3.63) is 0 Å². The number of aliphatic hydroxyl groups excluding tert-OH is 1. The average Bonchev–Trinajstić information content (AvgIpc) is 2.05. The highest BCUT2D eigenvalue weighted by Gasteiger charge is 2.18. The summed E-state index contributed by atoms with van der Waals surface area (Å²) < 4.78 is 0. The molecule has 0 amide bonds. The third-order valence-corrected chi connectivity index (χ3v) is 1.80. The first-order chi connectivity index (χ1) is 5.18. The standard InChI is InChI=1S/C8H16N2O/c1-3-8(2,7-9)10-5-4-6-11/h10-11H,3-6H2,1-2H3. The number of rotatable bonds is 5. The summed E-state index contributed by atoms with van der Waals surface area (Å²) in [7, 11) is 0. The quantitative estimate of drug-likeness (QED) is 0.575. The van der Waals surface area contributed by atoms with Crippen LogP contribution in [-0.2, 0) is 0 Å². The Kier molecular flexibility index (Phi) is 4.84. The maximum atomic E-state index is 8.71. The van der Waals surface area contributed by atoms with E-state index in [0.717, 1.165) is 6.42 Å². The number of aliphatic hydroxyl groups is 1. The van der Waals surface area contributed by atoms with Crippen LogP contribution >= 0.6 is 0 Å². The van der Waals surface area contributed by atoms with Crippen LogP contribution in [0.25, 0.3) is 0 Å². The van der Waals surface area contributed by atoms with Crippen molar-refractivity contribution in [1.29, 1.82) is 5.26 Å². The van der Waals surface area contributed by atoms with Gasteiger partial charge in [0.2, 0.25) is 0 Å². The molecule has 0 radical (unpaired) electrons. The molecule has 2 N–H and O–H groups in total. The summed E-state index contributed by atoms with van der Waals surface area (Å²) in [6.07, 6.45) is 1.49. The molecule has 0 aromatic carbocycles. The molecule has 64 valence electrons. The van der Waals surface area contributed by atoms with Crippen molar-refractivity contribution >= 4 is 0 Å². The van der Waals surface area contributed by atoms with E-state index in [2.05, 4.69) is 11.4 Å². The Morgan fingerprint density at radius 1 is 1.64 bits per heavy atom. The van der Waals surface area contributed by atoms with Gasteiger partial charge in [0.1, 0.15) is 5.54 Å². The Morgan fingerprint density at radius 2 is 2.27 bits per heavy atom. The van der Waals surface area contributed by atoms with Crippen LogP contribution in [0.3, 0.4) is 0 Å². The number of nitrogens with zero attached hydrogens (tertiary/aromatic N) is 1. The molecule has 0 bridgehead atoms. The van der Waals surface area contributed by atoms with Crippen LogP contribution in [0.1, 0.15) is 26.7 Å². The van der Waals surface area contributed by atoms with E-state index in [9.17, 15) is 0 Å². The third-order valence-electron chi connectivity index (χ3n) is 1.80. The smallest absolute Gasteiger partial charge is 0.103 e. The highest BCUT2D eigenvalue weighted by atomic mass is 16.3. The van der Waals surface area contributed by atoms with Gasteiger partial charge in [0.05, 0.1) is 6.07 Å². The molecular weight excluding hydrogens is 140 g/mol. The largest absolute Gasteiger partial charge is 0.396 e. The lowest BCUT2D eigenvalue weighted by Crippen LogP contribution is -2.40. The van der Waals surface area contributed by atoms with Crippen molar-refractivity contribution in [2.75, 3.05) is 13.2 Å². The molecule has 11 heavy (non-hydrogen) atoms. The van der Waals surface area contributed by atoms with Crippen molar-refractivity contribution < 1.29 is 5.11 Å². The second-order valence-electron chi connectivity index (χ2n) is 2.80. The summed E-state index contributed by atoms with van der Waals surface area (Å²) in [5.41, 5.74) is -0.421. The second-order valence-corrected chi connectivity index (χ2v) is 2.80. The zero-order valence-electron chi connectivity index (χ0n) is 7.22. The third kappa shape index (κ3) is 3.97. The fraction of sp³-hybridized carbons (Fsp3) is 0.875. The molecular formula is C8H16N2O. The van der Waals surface area contributed by atoms with Crippen molar-refractivity contribution in [2.24, 2.45) is 0 Å². The summed E-state index contributed by atoms with van der Waals surface area (Å²) in [6, 6.07) is 2.19. The SMILES string of the molecule is CCC(C)(C#N)NCCCO. The molecule has 3 heteroatoms. The van der Waals surface area contributed by atoms with Gasteiger partial charge in [-0.3, -0.25) is 5.32 Å². The predicted octanol–water partition coefficient (Wildman–Crippen LogP) is 0.651. The van der Waals surface area contributed by atoms with Crippen LogP contribution in [0.2, 0.25) is 0 Å². The first-order valence-electron chi connectivity index (χ1n) is 3.95. The van der Waals surface area contributed by atoms with E-state index in [1.807, 2.05) is 13.8 Å². The Hall–Kier alpha value is -0.590.